The predicted molar refractivity (Wildman–Crippen MR) is 99.9 cm³/mol. The van der Waals surface area contributed by atoms with E-state index < -0.39 is 8.07 Å². The van der Waals surface area contributed by atoms with Gasteiger partial charge in [-0.25, -0.2) is 0 Å². The summed E-state index contributed by atoms with van der Waals surface area (Å²) in [6.45, 7) is 8.95. The van der Waals surface area contributed by atoms with Crippen LogP contribution in [-0.4, -0.2) is 14.0 Å². The van der Waals surface area contributed by atoms with Crippen molar-refractivity contribution < 1.29 is 4.79 Å². The summed E-state index contributed by atoms with van der Waals surface area (Å²) >= 11 is 0. The van der Waals surface area contributed by atoms with Crippen molar-refractivity contribution in [2.45, 2.75) is 65.1 Å². The first kappa shape index (κ1) is 18.7. The van der Waals surface area contributed by atoms with Crippen LogP contribution in [0, 0.1) is 0 Å². The van der Waals surface area contributed by atoms with Gasteiger partial charge < -0.3 is 5.32 Å². The Kier molecular flexibility index (Phi) is 8.18. The summed E-state index contributed by atoms with van der Waals surface area (Å²) in [5, 5.41) is 4.21. The monoisotopic (exact) mass is 317 g/mol. The van der Waals surface area contributed by atoms with Crippen molar-refractivity contribution >= 4 is 19.7 Å². The molecule has 0 saturated heterocycles. The number of para-hydroxylation sites is 1. The number of carbonyl (C=O) groups excluding carboxylic acids is 1. The first-order valence-corrected chi connectivity index (χ1v) is 11.3. The molecule has 0 aromatic heterocycles. The number of nitrogens with one attached hydrogen (secondary N) is 1. The van der Waals surface area contributed by atoms with E-state index in [4.69, 9.17) is 0 Å². The second-order valence-corrected chi connectivity index (χ2v) is 11.1. The second-order valence-electron chi connectivity index (χ2n) is 5.92. The van der Waals surface area contributed by atoms with Gasteiger partial charge in [0.2, 0.25) is 5.91 Å². The lowest BCUT2D eigenvalue weighted by Gasteiger charge is -2.30. The molecule has 0 aliphatic rings. The van der Waals surface area contributed by atoms with Crippen LogP contribution in [0.25, 0.3) is 0 Å². The maximum Gasteiger partial charge on any atom is 0.247 e. The van der Waals surface area contributed by atoms with Crippen LogP contribution >= 0.6 is 0 Å². The molecule has 0 aliphatic heterocycles. The number of unbranched alkanes of at least 4 members (excludes halogenated alkanes) is 2. The van der Waals surface area contributed by atoms with Crippen molar-refractivity contribution in [1.82, 2.24) is 0 Å². The summed E-state index contributed by atoms with van der Waals surface area (Å²) in [7, 11) is -1.66. The maximum absolute atomic E-state index is 12.9. The van der Waals surface area contributed by atoms with Crippen molar-refractivity contribution in [1.29, 1.82) is 0 Å². The van der Waals surface area contributed by atoms with E-state index in [1.54, 1.807) is 0 Å². The largest absolute Gasteiger partial charge is 0.323 e. The van der Waals surface area contributed by atoms with Gasteiger partial charge in [-0.3, -0.25) is 4.79 Å². The summed E-state index contributed by atoms with van der Waals surface area (Å²) in [6, 6.07) is 13.2. The van der Waals surface area contributed by atoms with Gasteiger partial charge in [0, 0.05) is 10.9 Å². The molecule has 1 aromatic rings. The van der Waals surface area contributed by atoms with E-state index in [9.17, 15) is 4.79 Å². The van der Waals surface area contributed by atoms with Crippen molar-refractivity contribution in [3.63, 3.8) is 0 Å². The lowest BCUT2D eigenvalue weighted by molar-refractivity contribution is -0.112. The predicted octanol–water partition coefficient (Wildman–Crippen LogP) is 5.79. The zero-order chi connectivity index (χ0) is 16.4. The molecule has 3 heteroatoms. The van der Waals surface area contributed by atoms with Crippen LogP contribution in [0.15, 0.2) is 41.6 Å². The Balaban J connectivity index is 3.03. The Morgan fingerprint density at radius 1 is 1.05 bits per heavy atom. The van der Waals surface area contributed by atoms with Crippen LogP contribution in [0.1, 0.15) is 47.0 Å². The van der Waals surface area contributed by atoms with E-state index in [-0.39, 0.29) is 5.91 Å². The summed E-state index contributed by atoms with van der Waals surface area (Å²) in [5.74, 6) is 0.125. The smallest absolute Gasteiger partial charge is 0.247 e. The van der Waals surface area contributed by atoms with Gasteiger partial charge in [-0.2, -0.15) is 0 Å². The van der Waals surface area contributed by atoms with E-state index in [2.05, 4.69) is 39.1 Å². The molecule has 2 nitrogen and oxygen atoms in total. The average molecular weight is 318 g/mol. The molecule has 1 rings (SSSR count). The van der Waals surface area contributed by atoms with Crippen LogP contribution < -0.4 is 5.32 Å². The van der Waals surface area contributed by atoms with Crippen LogP contribution in [-0.2, 0) is 4.79 Å². The van der Waals surface area contributed by atoms with Crippen LogP contribution in [0.4, 0.5) is 5.69 Å². The zero-order valence-electron chi connectivity index (χ0n) is 14.6. The molecule has 1 N–H and O–H groups in total. The van der Waals surface area contributed by atoms with E-state index in [0.717, 1.165) is 41.9 Å². The minimum atomic E-state index is -1.66. The Morgan fingerprint density at radius 2 is 1.64 bits per heavy atom. The van der Waals surface area contributed by atoms with Gasteiger partial charge in [-0.05, 0) is 18.6 Å². The molecule has 0 fully saturated rings. The second kappa shape index (κ2) is 9.62. The standard InChI is InChI=1S/C19H31NOSi/c1-5-9-11-16-18(22(6-2,7-3)8-4)19(21)20-17-14-12-10-13-15-17/h10,12-16H,5-9,11H2,1-4H3,(H,20,21)/b18-16+. The Morgan fingerprint density at radius 3 is 2.14 bits per heavy atom. The molecule has 0 atom stereocenters. The highest BCUT2D eigenvalue weighted by Crippen LogP contribution is 2.30. The van der Waals surface area contributed by atoms with Crippen LogP contribution in [0.3, 0.4) is 0 Å². The Bertz CT molecular complexity index is 469. The number of hydrogen-bond acceptors (Lipinski definition) is 1. The van der Waals surface area contributed by atoms with Crippen LogP contribution in [0.5, 0.6) is 0 Å². The molecule has 0 radical (unpaired) electrons. The van der Waals surface area contributed by atoms with Gasteiger partial charge in [0.15, 0.2) is 0 Å². The topological polar surface area (TPSA) is 29.1 Å². The third-order valence-corrected chi connectivity index (χ3v) is 10.4. The van der Waals surface area contributed by atoms with Gasteiger partial charge in [-0.1, -0.05) is 82.9 Å². The lowest BCUT2D eigenvalue weighted by atomic mass is 10.2. The van der Waals surface area contributed by atoms with Crippen LogP contribution in [0.2, 0.25) is 18.1 Å². The molecular formula is C19H31NOSi. The number of anilines is 1. The number of rotatable bonds is 9. The van der Waals surface area contributed by atoms with E-state index in [0.29, 0.717) is 0 Å². The number of hydrogen-bond donors (Lipinski definition) is 1. The molecule has 0 saturated carbocycles. The highest BCUT2D eigenvalue weighted by Gasteiger charge is 2.35. The third kappa shape index (κ3) is 4.84. The summed E-state index contributed by atoms with van der Waals surface area (Å²) in [4.78, 5) is 12.9. The molecule has 0 unspecified atom stereocenters. The molecule has 1 amide bonds. The molecule has 0 heterocycles. The Hall–Kier alpha value is -1.35. The number of allylic oxidation sites excluding steroid dienone is 1. The molecule has 122 valence electrons. The average Bonchev–Trinajstić information content (AvgIpc) is 2.56. The van der Waals surface area contributed by atoms with Crippen molar-refractivity contribution in [3.8, 4) is 0 Å². The van der Waals surface area contributed by atoms with Gasteiger partial charge >= 0.3 is 0 Å². The fraction of sp³-hybridized carbons (Fsp3) is 0.526. The minimum absolute atomic E-state index is 0.125. The van der Waals surface area contributed by atoms with Gasteiger partial charge in [0.25, 0.3) is 0 Å². The first-order valence-electron chi connectivity index (χ1n) is 8.70. The van der Waals surface area contributed by atoms with Crippen molar-refractivity contribution in [2.75, 3.05) is 5.32 Å². The highest BCUT2D eigenvalue weighted by atomic mass is 28.3. The fourth-order valence-electron chi connectivity index (χ4n) is 3.04. The fourth-order valence-corrected chi connectivity index (χ4v) is 6.81. The van der Waals surface area contributed by atoms with Gasteiger partial charge in [0.05, 0.1) is 8.07 Å². The quantitative estimate of drug-likeness (QED) is 0.348. The van der Waals surface area contributed by atoms with E-state index >= 15 is 0 Å². The normalized spacial score (nSPS) is 12.3. The summed E-state index contributed by atoms with van der Waals surface area (Å²) in [5.41, 5.74) is 0.889. The molecule has 0 spiro atoms. The number of amides is 1. The lowest BCUT2D eigenvalue weighted by Crippen LogP contribution is -2.40. The number of carbonyl (C=O) groups is 1. The minimum Gasteiger partial charge on any atom is -0.323 e. The first-order chi connectivity index (χ1) is 10.6. The summed E-state index contributed by atoms with van der Waals surface area (Å²) in [6.07, 6.45) is 5.58. The van der Waals surface area contributed by atoms with E-state index in [1.807, 2.05) is 30.3 Å². The molecule has 1 aromatic carbocycles. The zero-order valence-corrected chi connectivity index (χ0v) is 15.6. The van der Waals surface area contributed by atoms with Crippen molar-refractivity contribution in [3.05, 3.63) is 41.6 Å². The van der Waals surface area contributed by atoms with E-state index in [1.165, 1.54) is 6.42 Å². The van der Waals surface area contributed by atoms with Gasteiger partial charge in [-0.15, -0.1) is 0 Å². The highest BCUT2D eigenvalue weighted by molar-refractivity contribution is 6.90. The molecule has 0 aliphatic carbocycles. The molecule has 0 bridgehead atoms. The SMILES string of the molecule is CCCC/C=C(\C(=O)Nc1ccccc1)[Si](CC)(CC)CC. The maximum atomic E-state index is 12.9. The Labute approximate surface area is 137 Å². The van der Waals surface area contributed by atoms with Gasteiger partial charge in [0.1, 0.15) is 0 Å². The third-order valence-electron chi connectivity index (χ3n) is 4.78. The molecular weight excluding hydrogens is 286 g/mol. The summed E-state index contributed by atoms with van der Waals surface area (Å²) < 4.78 is 0. The number of benzene rings is 1. The molecule has 22 heavy (non-hydrogen) atoms. The van der Waals surface area contributed by atoms with Crippen molar-refractivity contribution in [2.24, 2.45) is 0 Å².